The van der Waals surface area contributed by atoms with Crippen LogP contribution in [-0.2, 0) is 16.1 Å². The number of benzene rings is 1. The van der Waals surface area contributed by atoms with Gasteiger partial charge >= 0.3 is 0 Å². The second-order valence-corrected chi connectivity index (χ2v) is 7.70. The Morgan fingerprint density at radius 2 is 2.12 bits per heavy atom. The van der Waals surface area contributed by atoms with E-state index < -0.39 is 0 Å². The van der Waals surface area contributed by atoms with Gasteiger partial charge < -0.3 is 15.0 Å². The number of ether oxygens (including phenoxy) is 1. The van der Waals surface area contributed by atoms with E-state index in [-0.39, 0.29) is 17.8 Å². The summed E-state index contributed by atoms with van der Waals surface area (Å²) >= 11 is 1.71. The van der Waals surface area contributed by atoms with Crippen LogP contribution in [0.4, 0.5) is 5.69 Å². The summed E-state index contributed by atoms with van der Waals surface area (Å²) in [6.07, 6.45) is 2.37. The predicted molar refractivity (Wildman–Crippen MR) is 103 cm³/mol. The van der Waals surface area contributed by atoms with Crippen molar-refractivity contribution < 1.29 is 19.2 Å². The van der Waals surface area contributed by atoms with Crippen molar-refractivity contribution in [3.63, 3.8) is 0 Å². The molecule has 1 fully saturated rings. The Balaban J connectivity index is 1.65. The third-order valence-electron chi connectivity index (χ3n) is 4.54. The molecule has 1 unspecified atom stereocenters. The summed E-state index contributed by atoms with van der Waals surface area (Å²) in [5.41, 5.74) is 1.12. The minimum absolute atomic E-state index is 0.0527. The van der Waals surface area contributed by atoms with E-state index >= 15 is 0 Å². The third kappa shape index (κ3) is 5.24. The normalized spacial score (nSPS) is 17.8. The molecule has 0 aliphatic carbocycles. The fraction of sp³-hybridized carbons (Fsp3) is 0.400. The Bertz CT molecular complexity index is 739. The molecular weight excluding hydrogens is 348 g/mol. The van der Waals surface area contributed by atoms with Gasteiger partial charge in [0.05, 0.1) is 10.6 Å². The highest BCUT2D eigenvalue weighted by Gasteiger charge is 2.24. The third-order valence-corrected chi connectivity index (χ3v) is 5.41. The molecule has 0 radical (unpaired) electrons. The molecule has 5 nitrogen and oxygen atoms in total. The van der Waals surface area contributed by atoms with Crippen molar-refractivity contribution in [2.24, 2.45) is 0 Å². The van der Waals surface area contributed by atoms with Gasteiger partial charge in [0, 0.05) is 12.2 Å². The summed E-state index contributed by atoms with van der Waals surface area (Å²) in [4.78, 5) is 26.8. The number of carbonyl (C=O) groups excluding carboxylic acids is 2. The number of nitrogens with one attached hydrogen (secondary N) is 2. The summed E-state index contributed by atoms with van der Waals surface area (Å²) < 4.78 is 5.76. The van der Waals surface area contributed by atoms with Crippen molar-refractivity contribution in [1.82, 2.24) is 0 Å². The average Bonchev–Trinajstić information content (AvgIpc) is 3.29. The Hall–Kier alpha value is -2.02. The first-order chi connectivity index (χ1) is 12.6. The van der Waals surface area contributed by atoms with Gasteiger partial charge in [-0.2, -0.15) is 0 Å². The van der Waals surface area contributed by atoms with Crippen LogP contribution < -0.4 is 10.2 Å². The van der Waals surface area contributed by atoms with E-state index in [0.717, 1.165) is 32.5 Å². The molecule has 2 heterocycles. The fourth-order valence-corrected chi connectivity index (χ4v) is 4.09. The van der Waals surface area contributed by atoms with Gasteiger partial charge in [-0.05, 0) is 43.3 Å². The van der Waals surface area contributed by atoms with Gasteiger partial charge in [-0.3, -0.25) is 9.59 Å². The first kappa shape index (κ1) is 18.8. The van der Waals surface area contributed by atoms with Crippen LogP contribution in [-0.4, -0.2) is 37.5 Å². The van der Waals surface area contributed by atoms with Crippen molar-refractivity contribution in [2.75, 3.05) is 25.0 Å². The summed E-state index contributed by atoms with van der Waals surface area (Å²) in [6, 6.07) is 11.3. The van der Waals surface area contributed by atoms with Gasteiger partial charge in [0.2, 0.25) is 0 Å². The van der Waals surface area contributed by atoms with E-state index in [9.17, 15) is 9.59 Å². The van der Waals surface area contributed by atoms with Crippen LogP contribution in [0, 0.1) is 0 Å². The second-order valence-electron chi connectivity index (χ2n) is 6.67. The molecule has 1 aromatic heterocycles. The van der Waals surface area contributed by atoms with Crippen molar-refractivity contribution in [1.29, 1.82) is 0 Å². The second kappa shape index (κ2) is 9.07. The Morgan fingerprint density at radius 1 is 1.27 bits per heavy atom. The maximum atomic E-state index is 12.6. The molecule has 1 amide bonds. The minimum atomic E-state index is -0.0803. The maximum Gasteiger partial charge on any atom is 0.279 e. The van der Waals surface area contributed by atoms with Crippen LogP contribution in [0.1, 0.15) is 35.0 Å². The van der Waals surface area contributed by atoms with E-state index in [0.29, 0.717) is 17.8 Å². The lowest BCUT2D eigenvalue weighted by atomic mass is 10.1. The average molecular weight is 373 g/mol. The molecule has 1 aliphatic heterocycles. The molecular formula is C20H25N2O3S+. The number of anilines is 1. The van der Waals surface area contributed by atoms with Gasteiger partial charge in [0.25, 0.3) is 5.91 Å². The van der Waals surface area contributed by atoms with Crippen molar-refractivity contribution in [2.45, 2.75) is 32.4 Å². The number of rotatable bonds is 8. The van der Waals surface area contributed by atoms with E-state index in [4.69, 9.17) is 4.74 Å². The first-order valence-corrected chi connectivity index (χ1v) is 9.87. The highest BCUT2D eigenvalue weighted by molar-refractivity contribution is 7.09. The molecule has 2 atom stereocenters. The quantitative estimate of drug-likeness (QED) is 0.697. The van der Waals surface area contributed by atoms with Crippen LogP contribution in [0.3, 0.4) is 0 Å². The number of para-hydroxylation sites is 1. The smallest absolute Gasteiger partial charge is 0.279 e. The standard InChI is InChI=1S/C20H24N2O3S/c1-15(23)18-8-2-3-9-19(18)21-20(24)14-22(12-16-6-4-10-25-16)13-17-7-5-11-26-17/h2-3,5,7-9,11,16H,4,6,10,12-14H2,1H3,(H,21,24)/p+1/t16-/m1/s1. The molecule has 26 heavy (non-hydrogen) atoms. The lowest BCUT2D eigenvalue weighted by Gasteiger charge is -2.21. The number of Topliss-reactive ketones (excluding diaryl/α,β-unsaturated/α-hetero) is 1. The molecule has 138 valence electrons. The molecule has 3 rings (SSSR count). The lowest BCUT2D eigenvalue weighted by Crippen LogP contribution is -3.12. The van der Waals surface area contributed by atoms with E-state index in [1.807, 2.05) is 12.1 Å². The van der Waals surface area contributed by atoms with Crippen molar-refractivity contribution in [3.8, 4) is 0 Å². The predicted octanol–water partition coefficient (Wildman–Crippen LogP) is 2.15. The number of hydrogen-bond donors (Lipinski definition) is 2. The topological polar surface area (TPSA) is 59.8 Å². The first-order valence-electron chi connectivity index (χ1n) is 8.99. The number of amides is 1. The highest BCUT2D eigenvalue weighted by atomic mass is 32.1. The summed E-state index contributed by atoms with van der Waals surface area (Å²) in [5.74, 6) is -0.133. The number of thiophene rings is 1. The summed E-state index contributed by atoms with van der Waals surface area (Å²) in [7, 11) is 0. The number of quaternary nitrogens is 1. The van der Waals surface area contributed by atoms with Crippen molar-refractivity contribution in [3.05, 3.63) is 52.2 Å². The van der Waals surface area contributed by atoms with Gasteiger partial charge in [-0.1, -0.05) is 18.2 Å². The zero-order valence-electron chi connectivity index (χ0n) is 15.0. The minimum Gasteiger partial charge on any atom is -0.372 e. The SMILES string of the molecule is CC(=O)c1ccccc1NC(=O)C[NH+](Cc1cccs1)C[C@H]1CCCO1. The van der Waals surface area contributed by atoms with Gasteiger partial charge in [-0.15, -0.1) is 11.3 Å². The number of carbonyl (C=O) groups is 2. The summed E-state index contributed by atoms with van der Waals surface area (Å²) in [5, 5.41) is 4.97. The molecule has 2 aromatic rings. The number of ketones is 1. The molecule has 0 bridgehead atoms. The zero-order chi connectivity index (χ0) is 18.4. The van der Waals surface area contributed by atoms with E-state index in [1.54, 1.807) is 29.5 Å². The summed E-state index contributed by atoms with van der Waals surface area (Å²) in [6.45, 7) is 4.30. The van der Waals surface area contributed by atoms with Crippen LogP contribution in [0.2, 0.25) is 0 Å². The van der Waals surface area contributed by atoms with E-state index in [1.165, 1.54) is 16.7 Å². The van der Waals surface area contributed by atoms with Gasteiger partial charge in [0.15, 0.2) is 12.3 Å². The van der Waals surface area contributed by atoms with Crippen LogP contribution in [0.5, 0.6) is 0 Å². The van der Waals surface area contributed by atoms with Crippen LogP contribution >= 0.6 is 11.3 Å². The van der Waals surface area contributed by atoms with Crippen LogP contribution in [0.25, 0.3) is 0 Å². The van der Waals surface area contributed by atoms with Crippen LogP contribution in [0.15, 0.2) is 41.8 Å². The maximum absolute atomic E-state index is 12.6. The van der Waals surface area contributed by atoms with E-state index in [2.05, 4.69) is 16.8 Å². The fourth-order valence-electron chi connectivity index (χ4n) is 3.31. The molecule has 6 heteroatoms. The molecule has 1 saturated heterocycles. The zero-order valence-corrected chi connectivity index (χ0v) is 15.8. The largest absolute Gasteiger partial charge is 0.372 e. The molecule has 1 aliphatic rings. The van der Waals surface area contributed by atoms with Gasteiger partial charge in [0.1, 0.15) is 19.2 Å². The van der Waals surface area contributed by atoms with Crippen molar-refractivity contribution >= 4 is 28.7 Å². The molecule has 2 N–H and O–H groups in total. The Labute approximate surface area is 158 Å². The van der Waals surface area contributed by atoms with Gasteiger partial charge in [-0.25, -0.2) is 0 Å². The Kier molecular flexibility index (Phi) is 6.55. The highest BCUT2D eigenvalue weighted by Crippen LogP contribution is 2.15. The number of hydrogen-bond acceptors (Lipinski definition) is 4. The molecule has 1 aromatic carbocycles. The molecule has 0 spiro atoms. The Morgan fingerprint density at radius 3 is 2.81 bits per heavy atom. The lowest BCUT2D eigenvalue weighted by molar-refractivity contribution is -0.908. The molecule has 0 saturated carbocycles. The monoisotopic (exact) mass is 373 g/mol.